The molecule has 0 saturated carbocycles. The first kappa shape index (κ1) is 24.7. The molecule has 8 heteroatoms. The standard InChI is InChI=1S/C29H34N6O2/c1-17(2)28(36)33-22-13-11-20(12-14-22)25-23(24-26(30)31-16-32-27(24)34(25)4)19-7-9-21(10-8-19)29(37)35-15-5-6-18(35)3/h7,11-14,16,18,21H,1,5-6,8-10,15H2,2-4H3,(H,33,36)(H2,30,31,32)/t18?,21-/m0/s1. The van der Waals surface area contributed by atoms with E-state index in [9.17, 15) is 9.59 Å². The van der Waals surface area contributed by atoms with Crippen molar-refractivity contribution in [2.24, 2.45) is 13.0 Å². The Morgan fingerprint density at radius 2 is 1.92 bits per heavy atom. The molecule has 1 fully saturated rings. The number of carbonyl (C=O) groups excluding carboxylic acids is 2. The molecular weight excluding hydrogens is 464 g/mol. The van der Waals surface area contributed by atoms with Gasteiger partial charge in [0.2, 0.25) is 5.91 Å². The van der Waals surface area contributed by atoms with E-state index in [0.717, 1.165) is 60.1 Å². The topological polar surface area (TPSA) is 106 Å². The number of nitrogen functional groups attached to an aromatic ring is 1. The molecule has 0 radical (unpaired) electrons. The zero-order valence-electron chi connectivity index (χ0n) is 21.8. The molecule has 1 aromatic carbocycles. The summed E-state index contributed by atoms with van der Waals surface area (Å²) in [5.74, 6) is 0.541. The highest BCUT2D eigenvalue weighted by Crippen LogP contribution is 2.43. The van der Waals surface area contributed by atoms with E-state index in [-0.39, 0.29) is 17.7 Å². The molecule has 37 heavy (non-hydrogen) atoms. The minimum Gasteiger partial charge on any atom is -0.383 e. The maximum Gasteiger partial charge on any atom is 0.250 e. The second kappa shape index (κ2) is 9.84. The molecule has 5 rings (SSSR count). The molecule has 1 aliphatic carbocycles. The fraction of sp³-hybridized carbons (Fsp3) is 0.379. The minimum absolute atomic E-state index is 0.0209. The molecule has 2 aliphatic rings. The highest BCUT2D eigenvalue weighted by atomic mass is 16.2. The van der Waals surface area contributed by atoms with Gasteiger partial charge in [-0.2, -0.15) is 0 Å². The van der Waals surface area contributed by atoms with E-state index in [1.165, 1.54) is 11.9 Å². The van der Waals surface area contributed by atoms with Crippen molar-refractivity contribution in [2.45, 2.75) is 52.0 Å². The SMILES string of the molecule is C=C(C)C(=O)Nc1ccc(-c2c(C3=CC[C@H](C(=O)N4CCCC4C)CC3)c3c(N)ncnc3n2C)cc1. The van der Waals surface area contributed by atoms with Crippen LogP contribution in [-0.2, 0) is 16.6 Å². The fourth-order valence-electron chi connectivity index (χ4n) is 5.66. The van der Waals surface area contributed by atoms with Crippen molar-refractivity contribution in [3.8, 4) is 11.3 Å². The van der Waals surface area contributed by atoms with Crippen LogP contribution in [0.15, 0.2) is 48.8 Å². The summed E-state index contributed by atoms with van der Waals surface area (Å²) in [7, 11) is 1.98. The molecule has 3 heterocycles. The molecule has 3 N–H and O–H groups in total. The predicted octanol–water partition coefficient (Wildman–Crippen LogP) is 4.93. The largest absolute Gasteiger partial charge is 0.383 e. The first-order chi connectivity index (χ1) is 17.8. The van der Waals surface area contributed by atoms with Gasteiger partial charge in [-0.25, -0.2) is 9.97 Å². The van der Waals surface area contributed by atoms with E-state index in [2.05, 4.69) is 39.8 Å². The van der Waals surface area contributed by atoms with Gasteiger partial charge >= 0.3 is 0 Å². The maximum absolute atomic E-state index is 13.2. The van der Waals surface area contributed by atoms with Gasteiger partial charge in [-0.3, -0.25) is 9.59 Å². The number of allylic oxidation sites excluding steroid dienone is 2. The van der Waals surface area contributed by atoms with Gasteiger partial charge in [0.1, 0.15) is 17.8 Å². The van der Waals surface area contributed by atoms with Crippen LogP contribution in [0.5, 0.6) is 0 Å². The van der Waals surface area contributed by atoms with Crippen molar-refractivity contribution in [1.29, 1.82) is 0 Å². The number of hydrogen-bond donors (Lipinski definition) is 2. The lowest BCUT2D eigenvalue weighted by atomic mass is 9.84. The van der Waals surface area contributed by atoms with Gasteiger partial charge in [-0.1, -0.05) is 24.8 Å². The molecule has 3 aromatic rings. The lowest BCUT2D eigenvalue weighted by molar-refractivity contribution is -0.136. The zero-order chi connectivity index (χ0) is 26.3. The van der Waals surface area contributed by atoms with Gasteiger partial charge in [-0.05, 0) is 69.2 Å². The Balaban J connectivity index is 1.52. The summed E-state index contributed by atoms with van der Waals surface area (Å²) in [6.45, 7) is 8.40. The van der Waals surface area contributed by atoms with Crippen molar-refractivity contribution in [2.75, 3.05) is 17.6 Å². The molecular formula is C29H34N6O2. The number of anilines is 2. The number of benzene rings is 1. The van der Waals surface area contributed by atoms with Crippen molar-refractivity contribution in [3.63, 3.8) is 0 Å². The lowest BCUT2D eigenvalue weighted by Gasteiger charge is -2.29. The quantitative estimate of drug-likeness (QED) is 0.486. The van der Waals surface area contributed by atoms with E-state index in [1.54, 1.807) is 6.92 Å². The minimum atomic E-state index is -0.208. The highest BCUT2D eigenvalue weighted by Gasteiger charge is 2.33. The molecule has 0 spiro atoms. The number of rotatable bonds is 5. The van der Waals surface area contributed by atoms with E-state index in [0.29, 0.717) is 29.5 Å². The Morgan fingerprint density at radius 3 is 2.54 bits per heavy atom. The van der Waals surface area contributed by atoms with Crippen LogP contribution in [0, 0.1) is 5.92 Å². The van der Waals surface area contributed by atoms with Gasteiger partial charge in [0.15, 0.2) is 0 Å². The monoisotopic (exact) mass is 498 g/mol. The summed E-state index contributed by atoms with van der Waals surface area (Å²) in [4.78, 5) is 36.1. The zero-order valence-corrected chi connectivity index (χ0v) is 21.8. The average molecular weight is 499 g/mol. The summed E-state index contributed by atoms with van der Waals surface area (Å²) in [6, 6.07) is 8.07. The number of hydrogen-bond acceptors (Lipinski definition) is 5. The van der Waals surface area contributed by atoms with E-state index >= 15 is 0 Å². The number of fused-ring (bicyclic) bond motifs is 1. The maximum atomic E-state index is 13.2. The van der Waals surface area contributed by atoms with Crippen molar-refractivity contribution < 1.29 is 9.59 Å². The third-order valence-corrected chi connectivity index (χ3v) is 7.72. The Kier molecular flexibility index (Phi) is 6.58. The number of aromatic nitrogens is 3. The summed E-state index contributed by atoms with van der Waals surface area (Å²) in [5.41, 5.74) is 12.5. The predicted molar refractivity (Wildman–Crippen MR) is 148 cm³/mol. The number of likely N-dealkylation sites (tertiary alicyclic amines) is 1. The van der Waals surface area contributed by atoms with Crippen LogP contribution in [0.2, 0.25) is 0 Å². The molecule has 1 unspecified atom stereocenters. The average Bonchev–Trinajstić information content (AvgIpc) is 3.45. The van der Waals surface area contributed by atoms with Gasteiger partial charge in [0, 0.05) is 42.4 Å². The molecule has 8 nitrogen and oxygen atoms in total. The number of nitrogens with zero attached hydrogens (tertiary/aromatic N) is 4. The van der Waals surface area contributed by atoms with Crippen LogP contribution in [-0.4, -0.2) is 43.8 Å². The fourth-order valence-corrected chi connectivity index (χ4v) is 5.66. The van der Waals surface area contributed by atoms with E-state index in [1.807, 2.05) is 35.9 Å². The van der Waals surface area contributed by atoms with Gasteiger partial charge in [0.05, 0.1) is 11.1 Å². The molecule has 0 bridgehead atoms. The smallest absolute Gasteiger partial charge is 0.250 e. The number of carbonyl (C=O) groups is 2. The Morgan fingerprint density at radius 1 is 1.16 bits per heavy atom. The summed E-state index contributed by atoms with van der Waals surface area (Å²) >= 11 is 0. The van der Waals surface area contributed by atoms with Gasteiger partial charge in [0.25, 0.3) is 5.91 Å². The first-order valence-electron chi connectivity index (χ1n) is 12.9. The molecule has 1 aliphatic heterocycles. The Bertz CT molecular complexity index is 1420. The van der Waals surface area contributed by atoms with Crippen molar-refractivity contribution >= 4 is 39.9 Å². The number of amides is 2. The number of nitrogens with one attached hydrogen (secondary N) is 1. The molecule has 192 valence electrons. The molecule has 2 atom stereocenters. The first-order valence-corrected chi connectivity index (χ1v) is 12.9. The van der Waals surface area contributed by atoms with Crippen LogP contribution in [0.1, 0.15) is 51.5 Å². The third kappa shape index (κ3) is 4.52. The van der Waals surface area contributed by atoms with Crippen LogP contribution in [0.25, 0.3) is 27.9 Å². The van der Waals surface area contributed by atoms with E-state index < -0.39 is 0 Å². The van der Waals surface area contributed by atoms with Crippen molar-refractivity contribution in [1.82, 2.24) is 19.4 Å². The molecule has 1 saturated heterocycles. The van der Waals surface area contributed by atoms with Crippen LogP contribution in [0.3, 0.4) is 0 Å². The van der Waals surface area contributed by atoms with Crippen molar-refractivity contribution in [3.05, 3.63) is 54.4 Å². The summed E-state index contributed by atoms with van der Waals surface area (Å²) < 4.78 is 2.05. The second-order valence-corrected chi connectivity index (χ2v) is 10.3. The van der Waals surface area contributed by atoms with Crippen LogP contribution < -0.4 is 11.1 Å². The highest BCUT2D eigenvalue weighted by molar-refractivity contribution is 6.05. The third-order valence-electron chi connectivity index (χ3n) is 7.72. The second-order valence-electron chi connectivity index (χ2n) is 10.3. The van der Waals surface area contributed by atoms with Crippen LogP contribution >= 0.6 is 0 Å². The summed E-state index contributed by atoms with van der Waals surface area (Å²) in [5, 5.41) is 3.69. The lowest BCUT2D eigenvalue weighted by Crippen LogP contribution is -2.38. The summed E-state index contributed by atoms with van der Waals surface area (Å²) in [6.07, 6.45) is 8.19. The number of nitrogens with two attached hydrogens (primary N) is 1. The Hall–Kier alpha value is -3.94. The number of aryl methyl sites for hydroxylation is 1. The normalized spacial score (nSPS) is 19.6. The van der Waals surface area contributed by atoms with Gasteiger partial charge in [-0.15, -0.1) is 0 Å². The molecule has 2 aromatic heterocycles. The van der Waals surface area contributed by atoms with E-state index in [4.69, 9.17) is 5.73 Å². The Labute approximate surface area is 217 Å². The van der Waals surface area contributed by atoms with Gasteiger partial charge < -0.3 is 20.5 Å². The van der Waals surface area contributed by atoms with Crippen LogP contribution in [0.4, 0.5) is 11.5 Å². The molecule has 2 amide bonds.